The number of halogens is 3. The number of anilines is 1. The second kappa shape index (κ2) is 7.61. The molecule has 0 atom stereocenters. The van der Waals surface area contributed by atoms with Crippen LogP contribution in [0.3, 0.4) is 0 Å². The molecule has 0 N–H and O–H groups in total. The molecule has 1 saturated heterocycles. The molecule has 0 saturated carbocycles. The summed E-state index contributed by atoms with van der Waals surface area (Å²) < 4.78 is 40.8. The third kappa shape index (κ3) is 4.00. The molecule has 0 bridgehead atoms. The average molecular weight is 387 g/mol. The predicted octanol–water partition coefficient (Wildman–Crippen LogP) is 4.12. The number of piperidine rings is 1. The van der Waals surface area contributed by atoms with E-state index in [1.807, 2.05) is 29.3 Å². The minimum atomic E-state index is -4.43. The Morgan fingerprint density at radius 3 is 2.50 bits per heavy atom. The van der Waals surface area contributed by atoms with Crippen LogP contribution in [-0.2, 0) is 12.7 Å². The van der Waals surface area contributed by atoms with Gasteiger partial charge in [-0.2, -0.15) is 13.2 Å². The molecule has 28 heavy (non-hydrogen) atoms. The first-order valence-electron chi connectivity index (χ1n) is 9.21. The minimum absolute atomic E-state index is 0.265. The van der Waals surface area contributed by atoms with Gasteiger partial charge in [0.1, 0.15) is 17.3 Å². The first kappa shape index (κ1) is 18.5. The molecule has 146 valence electrons. The van der Waals surface area contributed by atoms with Crippen LogP contribution in [0.25, 0.3) is 0 Å². The maximum Gasteiger partial charge on any atom is 0.433 e. The van der Waals surface area contributed by atoms with Gasteiger partial charge in [0, 0.05) is 37.6 Å². The van der Waals surface area contributed by atoms with Gasteiger partial charge in [0.05, 0.1) is 12.2 Å². The topological polar surface area (TPSA) is 46.8 Å². The fraction of sp³-hybridized carbons (Fsp3) is 0.350. The molecule has 5 nitrogen and oxygen atoms in total. The second-order valence-corrected chi connectivity index (χ2v) is 6.87. The van der Waals surface area contributed by atoms with Crippen molar-refractivity contribution in [2.45, 2.75) is 31.5 Å². The first-order valence-corrected chi connectivity index (χ1v) is 9.21. The average Bonchev–Trinajstić information content (AvgIpc) is 3.16. The van der Waals surface area contributed by atoms with Crippen LogP contribution in [-0.4, -0.2) is 32.6 Å². The lowest BCUT2D eigenvalue weighted by molar-refractivity contribution is -0.141. The number of aromatic nitrogens is 4. The summed E-state index contributed by atoms with van der Waals surface area (Å²) in [7, 11) is 0. The van der Waals surface area contributed by atoms with E-state index >= 15 is 0 Å². The fourth-order valence-corrected chi connectivity index (χ4v) is 3.60. The van der Waals surface area contributed by atoms with Gasteiger partial charge in [0.25, 0.3) is 0 Å². The second-order valence-electron chi connectivity index (χ2n) is 6.87. The van der Waals surface area contributed by atoms with Crippen LogP contribution in [0.4, 0.5) is 19.0 Å². The number of imidazole rings is 1. The van der Waals surface area contributed by atoms with E-state index in [4.69, 9.17) is 0 Å². The molecule has 0 spiro atoms. The summed E-state index contributed by atoms with van der Waals surface area (Å²) in [6.07, 6.45) is 2.72. The summed E-state index contributed by atoms with van der Waals surface area (Å²) in [6.45, 7) is 1.95. The zero-order chi connectivity index (χ0) is 19.6. The van der Waals surface area contributed by atoms with E-state index in [0.717, 1.165) is 30.4 Å². The molecule has 1 fully saturated rings. The quantitative estimate of drug-likeness (QED) is 0.676. The normalized spacial score (nSPS) is 15.8. The van der Waals surface area contributed by atoms with Crippen molar-refractivity contribution in [3.8, 4) is 0 Å². The number of alkyl halides is 3. The molecule has 0 amide bonds. The number of nitrogens with zero attached hydrogens (tertiary/aromatic N) is 5. The molecule has 3 aromatic heterocycles. The summed E-state index contributed by atoms with van der Waals surface area (Å²) in [6, 6.07) is 9.88. The molecule has 0 radical (unpaired) electrons. The van der Waals surface area contributed by atoms with Gasteiger partial charge in [-0.3, -0.25) is 4.98 Å². The Kier molecular flexibility index (Phi) is 5.02. The largest absolute Gasteiger partial charge is 0.433 e. The van der Waals surface area contributed by atoms with Crippen molar-refractivity contribution in [2.24, 2.45) is 0 Å². The van der Waals surface area contributed by atoms with Gasteiger partial charge in [0.2, 0.25) is 0 Å². The fourth-order valence-electron chi connectivity index (χ4n) is 3.60. The number of hydrogen-bond acceptors (Lipinski definition) is 4. The van der Waals surface area contributed by atoms with E-state index in [1.54, 1.807) is 18.5 Å². The van der Waals surface area contributed by atoms with Crippen LogP contribution in [0, 0.1) is 0 Å². The Balaban J connectivity index is 1.44. The molecule has 4 rings (SSSR count). The zero-order valence-electron chi connectivity index (χ0n) is 15.2. The summed E-state index contributed by atoms with van der Waals surface area (Å²) in [5.41, 5.74) is 0.116. The monoisotopic (exact) mass is 387 g/mol. The molecule has 4 heterocycles. The van der Waals surface area contributed by atoms with E-state index in [-0.39, 0.29) is 5.92 Å². The Morgan fingerprint density at radius 1 is 0.964 bits per heavy atom. The van der Waals surface area contributed by atoms with E-state index in [0.29, 0.717) is 25.5 Å². The van der Waals surface area contributed by atoms with Gasteiger partial charge in [-0.15, -0.1) is 0 Å². The molecular weight excluding hydrogens is 367 g/mol. The minimum Gasteiger partial charge on any atom is -0.357 e. The van der Waals surface area contributed by atoms with Crippen molar-refractivity contribution in [1.82, 2.24) is 19.5 Å². The summed E-state index contributed by atoms with van der Waals surface area (Å²) >= 11 is 0. The van der Waals surface area contributed by atoms with Crippen molar-refractivity contribution < 1.29 is 13.2 Å². The van der Waals surface area contributed by atoms with E-state index < -0.39 is 11.9 Å². The van der Waals surface area contributed by atoms with Crippen molar-refractivity contribution in [2.75, 3.05) is 18.0 Å². The summed E-state index contributed by atoms with van der Waals surface area (Å²) in [4.78, 5) is 14.6. The summed E-state index contributed by atoms with van der Waals surface area (Å²) in [5, 5.41) is 0. The van der Waals surface area contributed by atoms with Gasteiger partial charge >= 0.3 is 6.18 Å². The molecule has 8 heteroatoms. The Bertz CT molecular complexity index is 915. The van der Waals surface area contributed by atoms with Crippen LogP contribution in [0.15, 0.2) is 55.0 Å². The van der Waals surface area contributed by atoms with E-state index in [9.17, 15) is 13.2 Å². The third-order valence-corrected chi connectivity index (χ3v) is 5.02. The van der Waals surface area contributed by atoms with Crippen LogP contribution < -0.4 is 4.90 Å². The maximum absolute atomic E-state index is 12.9. The summed E-state index contributed by atoms with van der Waals surface area (Å²) in [5.74, 6) is 1.65. The van der Waals surface area contributed by atoms with Gasteiger partial charge < -0.3 is 9.47 Å². The lowest BCUT2D eigenvalue weighted by Gasteiger charge is -2.33. The number of hydrogen-bond donors (Lipinski definition) is 0. The third-order valence-electron chi connectivity index (χ3n) is 5.02. The highest BCUT2D eigenvalue weighted by Crippen LogP contribution is 2.32. The molecule has 1 aliphatic heterocycles. The van der Waals surface area contributed by atoms with Crippen molar-refractivity contribution in [1.29, 1.82) is 0 Å². The van der Waals surface area contributed by atoms with Crippen molar-refractivity contribution in [3.63, 3.8) is 0 Å². The standard InChI is InChI=1S/C20H20F3N5/c21-20(22,23)17-5-3-6-18(26-17)27-11-7-15(8-12-27)19-25-10-13-28(19)14-16-4-1-2-9-24-16/h1-6,9-10,13,15H,7-8,11-12,14H2. The number of pyridine rings is 2. The molecule has 3 aromatic rings. The highest BCUT2D eigenvalue weighted by atomic mass is 19.4. The molecule has 0 aromatic carbocycles. The first-order chi connectivity index (χ1) is 13.5. The molecule has 0 aliphatic carbocycles. The highest BCUT2D eigenvalue weighted by molar-refractivity contribution is 5.40. The predicted molar refractivity (Wildman–Crippen MR) is 99.0 cm³/mol. The molecule has 0 unspecified atom stereocenters. The van der Waals surface area contributed by atoms with E-state index in [1.165, 1.54) is 6.07 Å². The van der Waals surface area contributed by atoms with Gasteiger partial charge in [-0.25, -0.2) is 9.97 Å². The van der Waals surface area contributed by atoms with Crippen LogP contribution in [0.2, 0.25) is 0 Å². The van der Waals surface area contributed by atoms with Crippen molar-refractivity contribution >= 4 is 5.82 Å². The lowest BCUT2D eigenvalue weighted by Crippen LogP contribution is -2.34. The van der Waals surface area contributed by atoms with Crippen molar-refractivity contribution in [3.05, 3.63) is 72.2 Å². The SMILES string of the molecule is FC(F)(F)c1cccc(N2CCC(c3nccn3Cc3ccccn3)CC2)n1. The van der Waals surface area contributed by atoms with Crippen LogP contribution in [0.5, 0.6) is 0 Å². The van der Waals surface area contributed by atoms with E-state index in [2.05, 4.69) is 19.5 Å². The Labute approximate surface area is 160 Å². The van der Waals surface area contributed by atoms with Gasteiger partial charge in [0.15, 0.2) is 0 Å². The molecule has 1 aliphatic rings. The number of rotatable bonds is 4. The molecular formula is C20H20F3N5. The maximum atomic E-state index is 12.9. The zero-order valence-corrected chi connectivity index (χ0v) is 15.2. The van der Waals surface area contributed by atoms with Crippen LogP contribution >= 0.6 is 0 Å². The van der Waals surface area contributed by atoms with Gasteiger partial charge in [-0.1, -0.05) is 12.1 Å². The Morgan fingerprint density at radius 2 is 1.79 bits per heavy atom. The Hall–Kier alpha value is -2.90. The van der Waals surface area contributed by atoms with Gasteiger partial charge in [-0.05, 0) is 37.1 Å². The smallest absolute Gasteiger partial charge is 0.357 e. The lowest BCUT2D eigenvalue weighted by atomic mass is 9.96. The van der Waals surface area contributed by atoms with Crippen LogP contribution in [0.1, 0.15) is 36.0 Å². The highest BCUT2D eigenvalue weighted by Gasteiger charge is 2.33.